The van der Waals surface area contributed by atoms with Crippen LogP contribution in [0.1, 0.15) is 19.3 Å². The molecule has 1 aliphatic carbocycles. The fourth-order valence-corrected chi connectivity index (χ4v) is 2.89. The normalized spacial score (nSPS) is 63.9. The van der Waals surface area contributed by atoms with Gasteiger partial charge in [0, 0.05) is 5.92 Å². The summed E-state index contributed by atoms with van der Waals surface area (Å²) in [6.07, 6.45) is 4.38. The molecule has 0 radical (unpaired) electrons. The lowest BCUT2D eigenvalue weighted by molar-refractivity contribution is -0.0396. The van der Waals surface area contributed by atoms with Crippen LogP contribution in [-0.2, 0) is 4.74 Å². The van der Waals surface area contributed by atoms with Gasteiger partial charge in [0.05, 0.1) is 18.3 Å². The van der Waals surface area contributed by atoms with Crippen molar-refractivity contribution in [3.8, 4) is 0 Å². The number of aliphatic hydroxyl groups is 1. The van der Waals surface area contributed by atoms with E-state index >= 15 is 0 Å². The van der Waals surface area contributed by atoms with E-state index in [-0.39, 0.29) is 6.10 Å². The molecule has 10 heavy (non-hydrogen) atoms. The monoisotopic (exact) mass is 140 g/mol. The molecular formula is C8H12O2. The molecule has 0 aromatic carbocycles. The van der Waals surface area contributed by atoms with E-state index in [0.717, 1.165) is 12.3 Å². The highest BCUT2D eigenvalue weighted by Crippen LogP contribution is 2.53. The maximum Gasteiger partial charge on any atom is 0.0636 e. The fraction of sp³-hybridized carbons (Fsp3) is 1.00. The van der Waals surface area contributed by atoms with Crippen LogP contribution in [0.2, 0.25) is 0 Å². The third-order valence-electron chi connectivity index (χ3n) is 3.44. The van der Waals surface area contributed by atoms with Crippen molar-refractivity contribution in [3.05, 3.63) is 0 Å². The molecule has 0 amide bonds. The molecule has 56 valence electrons. The second kappa shape index (κ2) is 1.56. The van der Waals surface area contributed by atoms with Crippen molar-refractivity contribution in [1.82, 2.24) is 0 Å². The van der Waals surface area contributed by atoms with Gasteiger partial charge in [-0.25, -0.2) is 0 Å². The van der Waals surface area contributed by atoms with Gasteiger partial charge < -0.3 is 9.84 Å². The third kappa shape index (κ3) is 0.453. The Morgan fingerprint density at radius 1 is 1.20 bits per heavy atom. The predicted molar refractivity (Wildman–Crippen MR) is 35.5 cm³/mol. The first-order valence-electron chi connectivity index (χ1n) is 4.20. The lowest BCUT2D eigenvalue weighted by atomic mass is 9.64. The summed E-state index contributed by atoms with van der Waals surface area (Å²) < 4.78 is 5.67. The van der Waals surface area contributed by atoms with Crippen LogP contribution in [0.5, 0.6) is 0 Å². The molecule has 2 aliphatic heterocycles. The Balaban J connectivity index is 1.89. The average molecular weight is 140 g/mol. The van der Waals surface area contributed by atoms with Gasteiger partial charge in [-0.05, 0) is 25.2 Å². The summed E-state index contributed by atoms with van der Waals surface area (Å²) in [6, 6.07) is 0. The summed E-state index contributed by atoms with van der Waals surface area (Å²) in [6.45, 7) is 0. The highest BCUT2D eigenvalue weighted by molar-refractivity contribution is 5.06. The summed E-state index contributed by atoms with van der Waals surface area (Å²) >= 11 is 0. The lowest BCUT2D eigenvalue weighted by Gasteiger charge is -2.41. The molecule has 5 atom stereocenters. The number of fused-ring (bicyclic) bond motifs is 5. The van der Waals surface area contributed by atoms with Crippen LogP contribution in [0.4, 0.5) is 0 Å². The zero-order chi connectivity index (χ0) is 6.72. The van der Waals surface area contributed by atoms with Crippen molar-refractivity contribution in [1.29, 1.82) is 0 Å². The van der Waals surface area contributed by atoms with Crippen LogP contribution in [-0.4, -0.2) is 23.4 Å². The minimum atomic E-state index is -0.0275. The SMILES string of the molecule is O[C@@H]1C[C@H]2[C@@H]1[C@@H]1CC[C@H]2O1. The number of hydrogen-bond donors (Lipinski definition) is 1. The van der Waals surface area contributed by atoms with Crippen LogP contribution < -0.4 is 0 Å². The standard InChI is InChI=1S/C8H12O2/c9-5-3-4-6-1-2-7(10-6)8(4)5/h4-9H,1-3H2/t4-,5-,6-,7+,8+/m1/s1. The van der Waals surface area contributed by atoms with Crippen LogP contribution in [0.25, 0.3) is 0 Å². The van der Waals surface area contributed by atoms with Crippen LogP contribution in [0, 0.1) is 11.8 Å². The summed E-state index contributed by atoms with van der Waals surface area (Å²) in [5.74, 6) is 1.26. The second-order valence-corrected chi connectivity index (χ2v) is 3.83. The molecule has 2 saturated heterocycles. The van der Waals surface area contributed by atoms with Gasteiger partial charge in [-0.15, -0.1) is 0 Å². The number of aliphatic hydroxyl groups excluding tert-OH is 1. The number of rotatable bonds is 0. The molecule has 2 nitrogen and oxygen atoms in total. The quantitative estimate of drug-likeness (QED) is 0.532. The topological polar surface area (TPSA) is 29.5 Å². The van der Waals surface area contributed by atoms with Crippen LogP contribution >= 0.6 is 0 Å². The molecule has 3 aliphatic rings. The first-order chi connectivity index (χ1) is 4.86. The van der Waals surface area contributed by atoms with E-state index in [2.05, 4.69) is 0 Å². The van der Waals surface area contributed by atoms with Gasteiger partial charge in [0.25, 0.3) is 0 Å². The van der Waals surface area contributed by atoms with E-state index in [1.807, 2.05) is 0 Å². The maximum atomic E-state index is 9.36. The van der Waals surface area contributed by atoms with E-state index < -0.39 is 0 Å². The third-order valence-corrected chi connectivity index (χ3v) is 3.44. The summed E-state index contributed by atoms with van der Waals surface area (Å²) in [7, 11) is 0. The molecule has 1 saturated carbocycles. The van der Waals surface area contributed by atoms with Crippen LogP contribution in [0.3, 0.4) is 0 Å². The molecule has 3 fully saturated rings. The number of hydrogen-bond acceptors (Lipinski definition) is 2. The molecule has 2 heterocycles. The summed E-state index contributed by atoms with van der Waals surface area (Å²) in [4.78, 5) is 0. The number of ether oxygens (including phenoxy) is 1. The highest BCUT2D eigenvalue weighted by atomic mass is 16.5. The maximum absolute atomic E-state index is 9.36. The van der Waals surface area contributed by atoms with E-state index in [1.54, 1.807) is 0 Å². The van der Waals surface area contributed by atoms with Crippen molar-refractivity contribution in [2.75, 3.05) is 0 Å². The Bertz CT molecular complexity index is 167. The molecule has 3 rings (SSSR count). The Kier molecular flexibility index (Phi) is 0.868. The molecule has 0 aromatic heterocycles. The fourth-order valence-electron chi connectivity index (χ4n) is 2.89. The van der Waals surface area contributed by atoms with Crippen molar-refractivity contribution in [2.45, 2.75) is 37.6 Å². The van der Waals surface area contributed by atoms with E-state index in [9.17, 15) is 5.11 Å². The minimum Gasteiger partial charge on any atom is -0.393 e. The van der Waals surface area contributed by atoms with Gasteiger partial charge in [-0.3, -0.25) is 0 Å². The zero-order valence-corrected chi connectivity index (χ0v) is 5.86. The summed E-state index contributed by atoms with van der Waals surface area (Å²) in [5.41, 5.74) is 0. The minimum absolute atomic E-state index is 0.0275. The largest absolute Gasteiger partial charge is 0.393 e. The van der Waals surface area contributed by atoms with Gasteiger partial charge in [-0.1, -0.05) is 0 Å². The van der Waals surface area contributed by atoms with Crippen molar-refractivity contribution >= 4 is 0 Å². The van der Waals surface area contributed by atoms with Crippen LogP contribution in [0.15, 0.2) is 0 Å². The zero-order valence-electron chi connectivity index (χ0n) is 5.86. The van der Waals surface area contributed by atoms with Crippen molar-refractivity contribution < 1.29 is 9.84 Å². The first-order valence-corrected chi connectivity index (χ1v) is 4.20. The molecule has 0 spiro atoms. The highest BCUT2D eigenvalue weighted by Gasteiger charge is 2.58. The summed E-state index contributed by atoms with van der Waals surface area (Å²) in [5, 5.41) is 9.36. The lowest BCUT2D eigenvalue weighted by Crippen LogP contribution is -2.47. The van der Waals surface area contributed by atoms with E-state index in [4.69, 9.17) is 4.74 Å². The smallest absolute Gasteiger partial charge is 0.0636 e. The van der Waals surface area contributed by atoms with Crippen molar-refractivity contribution in [3.63, 3.8) is 0 Å². The second-order valence-electron chi connectivity index (χ2n) is 3.83. The van der Waals surface area contributed by atoms with Gasteiger partial charge in [0.2, 0.25) is 0 Å². The predicted octanol–water partition coefficient (Wildman–Crippen LogP) is 0.545. The van der Waals surface area contributed by atoms with E-state index in [1.165, 1.54) is 12.8 Å². The molecule has 2 heteroatoms. The molecule has 2 bridgehead atoms. The molecular weight excluding hydrogens is 128 g/mol. The Labute approximate surface area is 60.2 Å². The Morgan fingerprint density at radius 3 is 2.60 bits per heavy atom. The average Bonchev–Trinajstić information content (AvgIpc) is 2.40. The molecule has 0 aromatic rings. The Morgan fingerprint density at radius 2 is 2.00 bits per heavy atom. The first kappa shape index (κ1) is 5.56. The Hall–Kier alpha value is -0.0800. The van der Waals surface area contributed by atoms with Gasteiger partial charge in [-0.2, -0.15) is 0 Å². The van der Waals surface area contributed by atoms with Gasteiger partial charge >= 0.3 is 0 Å². The van der Waals surface area contributed by atoms with E-state index in [0.29, 0.717) is 18.1 Å². The van der Waals surface area contributed by atoms with Crippen molar-refractivity contribution in [2.24, 2.45) is 11.8 Å². The van der Waals surface area contributed by atoms with Gasteiger partial charge in [0.1, 0.15) is 0 Å². The molecule has 1 N–H and O–H groups in total. The molecule has 0 unspecified atom stereocenters. The van der Waals surface area contributed by atoms with Gasteiger partial charge in [0.15, 0.2) is 0 Å².